The maximum absolute atomic E-state index is 13.3. The van der Waals surface area contributed by atoms with Crippen molar-refractivity contribution in [2.75, 3.05) is 0 Å². The van der Waals surface area contributed by atoms with E-state index < -0.39 is 41.3 Å². The fraction of sp³-hybridized carbons (Fsp3) is 0.200. The van der Waals surface area contributed by atoms with Gasteiger partial charge < -0.3 is 9.29 Å². The Hall–Kier alpha value is -2.53. The molecule has 138 valence electrons. The van der Waals surface area contributed by atoms with Crippen molar-refractivity contribution < 1.29 is 31.1 Å². The molecule has 26 heavy (non-hydrogen) atoms. The van der Waals surface area contributed by atoms with E-state index in [4.69, 9.17) is 4.55 Å². The molecule has 0 aliphatic carbocycles. The molecular weight excluding hydrogens is 378 g/mol. The Bertz CT molecular complexity index is 964. The number of aromatic nitrogens is 3. The third kappa shape index (κ3) is 3.68. The molecule has 2 N–H and O–H groups in total. The van der Waals surface area contributed by atoms with Gasteiger partial charge >= 0.3 is 6.61 Å². The topological polar surface area (TPSA) is 88.1 Å². The molecule has 0 aliphatic heterocycles. The average Bonchev–Trinajstić information content (AvgIpc) is 2.97. The van der Waals surface area contributed by atoms with E-state index in [1.54, 1.807) is 0 Å². The van der Waals surface area contributed by atoms with Crippen LogP contribution in [-0.2, 0) is 16.8 Å². The van der Waals surface area contributed by atoms with E-state index in [1.165, 1.54) is 24.4 Å². The molecule has 1 atom stereocenters. The van der Waals surface area contributed by atoms with Gasteiger partial charge in [0.15, 0.2) is 11.1 Å². The summed E-state index contributed by atoms with van der Waals surface area (Å²) < 4.78 is 76.0. The zero-order valence-corrected chi connectivity index (χ0v) is 13.6. The number of aromatic amines is 1. The molecule has 0 amide bonds. The van der Waals surface area contributed by atoms with Crippen LogP contribution in [-0.4, -0.2) is 30.6 Å². The molecule has 3 aromatic rings. The maximum atomic E-state index is 13.3. The fourth-order valence-corrected chi connectivity index (χ4v) is 3.07. The summed E-state index contributed by atoms with van der Waals surface area (Å²) in [5.74, 6) is -0.861. The van der Waals surface area contributed by atoms with Crippen molar-refractivity contribution in [3.05, 3.63) is 41.6 Å². The van der Waals surface area contributed by atoms with Gasteiger partial charge in [0.25, 0.3) is 6.43 Å². The Morgan fingerprint density at radius 2 is 2.00 bits per heavy atom. The first-order chi connectivity index (χ1) is 12.4. The first-order valence-electron chi connectivity index (χ1n) is 7.13. The number of rotatable bonds is 6. The van der Waals surface area contributed by atoms with Crippen molar-refractivity contribution in [2.24, 2.45) is 0 Å². The highest BCUT2D eigenvalue weighted by molar-refractivity contribution is 7.78. The van der Waals surface area contributed by atoms with Crippen molar-refractivity contribution in [3.8, 4) is 17.1 Å². The first-order valence-corrected chi connectivity index (χ1v) is 8.41. The Morgan fingerprint density at radius 3 is 2.65 bits per heavy atom. The molecule has 0 saturated carbocycles. The highest BCUT2D eigenvalue weighted by Gasteiger charge is 2.20. The number of hydrogen-bond donors (Lipinski definition) is 2. The van der Waals surface area contributed by atoms with Crippen LogP contribution in [0.3, 0.4) is 0 Å². The van der Waals surface area contributed by atoms with Gasteiger partial charge in [-0.05, 0) is 17.7 Å². The number of hydrogen-bond acceptors (Lipinski definition) is 4. The molecule has 6 nitrogen and oxygen atoms in total. The Kier molecular flexibility index (Phi) is 5.18. The third-order valence-corrected chi connectivity index (χ3v) is 4.13. The molecule has 3 rings (SSSR count). The summed E-state index contributed by atoms with van der Waals surface area (Å²) in [6.45, 7) is -3.12. The van der Waals surface area contributed by atoms with E-state index in [0.717, 1.165) is 6.07 Å². The van der Waals surface area contributed by atoms with Crippen LogP contribution < -0.4 is 4.74 Å². The van der Waals surface area contributed by atoms with E-state index >= 15 is 0 Å². The number of pyridine rings is 1. The van der Waals surface area contributed by atoms with Gasteiger partial charge in [-0.25, -0.2) is 13.0 Å². The Balaban J connectivity index is 2.15. The summed E-state index contributed by atoms with van der Waals surface area (Å²) in [5.41, 5.74) is 0.227. The van der Waals surface area contributed by atoms with Gasteiger partial charge in [0.05, 0.1) is 22.3 Å². The van der Waals surface area contributed by atoms with Crippen LogP contribution >= 0.6 is 0 Å². The van der Waals surface area contributed by atoms with E-state index in [-0.39, 0.29) is 22.2 Å². The molecule has 0 radical (unpaired) electrons. The smallest absolute Gasteiger partial charge is 0.388 e. The summed E-state index contributed by atoms with van der Waals surface area (Å²) in [5, 5.41) is 6.27. The molecule has 0 saturated heterocycles. The largest absolute Gasteiger partial charge is 0.415 e. The van der Waals surface area contributed by atoms with E-state index in [0.29, 0.717) is 5.52 Å². The number of benzene rings is 1. The minimum absolute atomic E-state index is 0.00741. The van der Waals surface area contributed by atoms with Crippen molar-refractivity contribution in [2.45, 2.75) is 18.8 Å². The average molecular weight is 389 g/mol. The standard InChI is InChI=1S/C15H11F4N3O3S/c16-13(17)9-5-7(1-2-8(9)6-26(23)24)12-11-10(3-4-20-12)21-22-14(11)25-15(18)19/h1-5,13,15H,6H2,(H,21,22)(H,23,24). The zero-order chi connectivity index (χ0) is 18.8. The molecule has 1 aromatic carbocycles. The zero-order valence-electron chi connectivity index (χ0n) is 12.8. The Morgan fingerprint density at radius 1 is 1.23 bits per heavy atom. The van der Waals surface area contributed by atoms with E-state index in [9.17, 15) is 21.8 Å². The summed E-state index contributed by atoms with van der Waals surface area (Å²) in [4.78, 5) is 4.07. The summed E-state index contributed by atoms with van der Waals surface area (Å²) in [6.07, 6.45) is -1.53. The molecular formula is C15H11F4N3O3S. The van der Waals surface area contributed by atoms with Gasteiger partial charge in [-0.1, -0.05) is 12.1 Å². The number of alkyl halides is 4. The highest BCUT2D eigenvalue weighted by Crippen LogP contribution is 2.35. The minimum atomic E-state index is -3.12. The molecule has 0 spiro atoms. The van der Waals surface area contributed by atoms with Crippen LogP contribution in [0.5, 0.6) is 5.88 Å². The first kappa shape index (κ1) is 18.3. The Labute approximate surface area is 146 Å². The SMILES string of the molecule is O=S(O)Cc1ccc(-c2nccc3[nH]nc(OC(F)F)c23)cc1C(F)F. The van der Waals surface area contributed by atoms with Crippen LogP contribution in [0.1, 0.15) is 17.6 Å². The number of fused-ring (bicyclic) bond motifs is 1. The van der Waals surface area contributed by atoms with Crippen molar-refractivity contribution in [1.29, 1.82) is 0 Å². The second-order valence-electron chi connectivity index (χ2n) is 5.17. The van der Waals surface area contributed by atoms with Gasteiger partial charge in [-0.2, -0.15) is 8.78 Å². The summed E-state index contributed by atoms with van der Waals surface area (Å²) in [6, 6.07) is 5.27. The second-order valence-corrected chi connectivity index (χ2v) is 6.10. The molecule has 0 aliphatic rings. The van der Waals surface area contributed by atoms with Crippen LogP contribution in [0.15, 0.2) is 30.5 Å². The van der Waals surface area contributed by atoms with E-state index in [1.807, 2.05) is 0 Å². The molecule has 2 heterocycles. The molecule has 0 bridgehead atoms. The number of ether oxygens (including phenoxy) is 1. The lowest BCUT2D eigenvalue weighted by Crippen LogP contribution is -2.03. The van der Waals surface area contributed by atoms with Crippen LogP contribution in [0.4, 0.5) is 17.6 Å². The van der Waals surface area contributed by atoms with Crippen LogP contribution in [0, 0.1) is 0 Å². The normalized spacial score (nSPS) is 12.9. The van der Waals surface area contributed by atoms with Crippen LogP contribution in [0.25, 0.3) is 22.2 Å². The highest BCUT2D eigenvalue weighted by atomic mass is 32.2. The predicted octanol–water partition coefficient (Wildman–Crippen LogP) is 3.89. The lowest BCUT2D eigenvalue weighted by atomic mass is 10.0. The van der Waals surface area contributed by atoms with E-state index in [2.05, 4.69) is 19.9 Å². The lowest BCUT2D eigenvalue weighted by molar-refractivity contribution is -0.0518. The molecule has 2 aromatic heterocycles. The quantitative estimate of drug-likeness (QED) is 0.493. The van der Waals surface area contributed by atoms with Crippen molar-refractivity contribution >= 4 is 22.0 Å². The number of nitrogens with one attached hydrogen (secondary N) is 1. The monoisotopic (exact) mass is 389 g/mol. The second kappa shape index (κ2) is 7.38. The predicted molar refractivity (Wildman–Crippen MR) is 85.4 cm³/mol. The fourth-order valence-electron chi connectivity index (χ4n) is 2.54. The van der Waals surface area contributed by atoms with Crippen molar-refractivity contribution in [3.63, 3.8) is 0 Å². The van der Waals surface area contributed by atoms with Gasteiger partial charge in [-0.3, -0.25) is 10.1 Å². The molecule has 0 fully saturated rings. The maximum Gasteiger partial charge on any atom is 0.388 e. The molecule has 11 heteroatoms. The number of halogens is 4. The summed E-state index contributed by atoms with van der Waals surface area (Å²) in [7, 11) is 0. The number of nitrogens with zero attached hydrogens (tertiary/aromatic N) is 2. The minimum Gasteiger partial charge on any atom is -0.415 e. The third-order valence-electron chi connectivity index (χ3n) is 3.58. The van der Waals surface area contributed by atoms with Gasteiger partial charge in [0, 0.05) is 17.3 Å². The van der Waals surface area contributed by atoms with Crippen LogP contribution in [0.2, 0.25) is 0 Å². The van der Waals surface area contributed by atoms with Gasteiger partial charge in [0.1, 0.15) is 0 Å². The number of H-pyrrole nitrogens is 1. The van der Waals surface area contributed by atoms with Gasteiger partial charge in [-0.15, -0.1) is 5.10 Å². The molecule has 1 unspecified atom stereocenters. The summed E-state index contributed by atoms with van der Waals surface area (Å²) >= 11 is -2.29. The lowest BCUT2D eigenvalue weighted by Gasteiger charge is -2.11. The van der Waals surface area contributed by atoms with Gasteiger partial charge in [0.2, 0.25) is 5.88 Å². The van der Waals surface area contributed by atoms with Crippen molar-refractivity contribution in [1.82, 2.24) is 15.2 Å².